The zero-order chi connectivity index (χ0) is 30.6. The molecule has 42 heavy (non-hydrogen) atoms. The van der Waals surface area contributed by atoms with Crippen molar-refractivity contribution in [1.29, 1.82) is 0 Å². The predicted molar refractivity (Wildman–Crippen MR) is 152 cm³/mol. The Morgan fingerprint density at radius 3 is 2.45 bits per heavy atom. The van der Waals surface area contributed by atoms with E-state index in [1.165, 1.54) is 6.42 Å². The molecular formula is C32H53F3N2O5. The summed E-state index contributed by atoms with van der Waals surface area (Å²) < 4.78 is 46.9. The Bertz CT molecular complexity index is 948. The van der Waals surface area contributed by atoms with Gasteiger partial charge in [-0.2, -0.15) is 18.2 Å². The summed E-state index contributed by atoms with van der Waals surface area (Å²) in [5.41, 5.74) is 0.290. The molecule has 1 aliphatic heterocycles. The first-order chi connectivity index (χ1) is 19.8. The molecule has 5 saturated carbocycles. The molecule has 6 fully saturated rings. The third-order valence-corrected chi connectivity index (χ3v) is 12.5. The minimum atomic E-state index is -4.17. The molecule has 0 radical (unpaired) electrons. The molecule has 0 spiro atoms. The van der Waals surface area contributed by atoms with Crippen molar-refractivity contribution in [2.75, 3.05) is 20.3 Å². The number of hydrogen-bond acceptors (Lipinski definition) is 6. The van der Waals surface area contributed by atoms with E-state index in [0.717, 1.165) is 32.1 Å². The first-order valence-corrected chi connectivity index (χ1v) is 16.4. The van der Waals surface area contributed by atoms with E-state index in [1.54, 1.807) is 19.1 Å². The molecule has 1 saturated heterocycles. The molecule has 242 valence electrons. The molecule has 0 aromatic rings. The summed E-state index contributed by atoms with van der Waals surface area (Å²) in [6.45, 7) is 8.54. The van der Waals surface area contributed by atoms with Gasteiger partial charge in [0.2, 0.25) is 5.91 Å². The molecule has 3 N–H and O–H groups in total. The van der Waals surface area contributed by atoms with Gasteiger partial charge >= 0.3 is 6.18 Å². The van der Waals surface area contributed by atoms with E-state index >= 15 is 0 Å². The maximum absolute atomic E-state index is 14.0. The molecule has 2 bridgehead atoms. The lowest BCUT2D eigenvalue weighted by Crippen LogP contribution is -2.62. The zero-order valence-corrected chi connectivity index (χ0v) is 26.0. The lowest BCUT2D eigenvalue weighted by molar-refractivity contribution is -0.198. The number of nitrogens with zero attached hydrogens (tertiary/aromatic N) is 1. The summed E-state index contributed by atoms with van der Waals surface area (Å²) in [5.74, 6) is -0.616. The number of methoxy groups -OCH3 is 1. The smallest absolute Gasteiger partial charge is 0.391 e. The Labute approximate surface area is 249 Å². The Morgan fingerprint density at radius 1 is 1.14 bits per heavy atom. The normalized spacial score (nSPS) is 44.8. The highest BCUT2D eigenvalue weighted by Crippen LogP contribution is 2.61. The number of nitrogens with one attached hydrogen (secondary N) is 1. The van der Waals surface area contributed by atoms with Gasteiger partial charge in [-0.05, 0) is 80.5 Å². The number of carbonyl (C=O) groups is 1. The molecule has 5 aliphatic carbocycles. The third-order valence-electron chi connectivity index (χ3n) is 12.5. The lowest BCUT2D eigenvalue weighted by Gasteiger charge is -2.62. The average Bonchev–Trinajstić information content (AvgIpc) is 3.32. The molecule has 6 rings (SSSR count). The van der Waals surface area contributed by atoms with E-state index in [-0.39, 0.29) is 55.3 Å². The van der Waals surface area contributed by atoms with Crippen molar-refractivity contribution in [2.45, 2.75) is 122 Å². The predicted octanol–water partition coefficient (Wildman–Crippen LogP) is 4.95. The quantitative estimate of drug-likeness (QED) is 0.365. The minimum Gasteiger partial charge on any atom is -0.394 e. The summed E-state index contributed by atoms with van der Waals surface area (Å²) >= 11 is 0. The Balaban J connectivity index is 1.31. The van der Waals surface area contributed by atoms with Crippen molar-refractivity contribution >= 4 is 5.91 Å². The summed E-state index contributed by atoms with van der Waals surface area (Å²) in [7, 11) is 1.64. The Morgan fingerprint density at radius 2 is 1.86 bits per heavy atom. The van der Waals surface area contributed by atoms with Crippen molar-refractivity contribution in [1.82, 2.24) is 10.4 Å². The number of halogens is 3. The topological polar surface area (TPSA) is 91.3 Å². The molecule has 13 atom stereocenters. The van der Waals surface area contributed by atoms with Gasteiger partial charge in [-0.3, -0.25) is 9.63 Å². The molecule has 7 nitrogen and oxygen atoms in total. The van der Waals surface area contributed by atoms with Crippen molar-refractivity contribution in [3.63, 3.8) is 0 Å². The van der Waals surface area contributed by atoms with E-state index < -0.39 is 36.3 Å². The second-order valence-corrected chi connectivity index (χ2v) is 15.0. The highest BCUT2D eigenvalue weighted by Gasteiger charge is 2.58. The van der Waals surface area contributed by atoms with Gasteiger partial charge in [0.15, 0.2) is 0 Å². The number of carbonyl (C=O) groups excluding carboxylic acids is 1. The molecule has 6 aliphatic rings. The van der Waals surface area contributed by atoms with Crippen LogP contribution in [0.1, 0.15) is 85.5 Å². The van der Waals surface area contributed by atoms with Crippen LogP contribution in [-0.4, -0.2) is 78.0 Å². The van der Waals surface area contributed by atoms with Crippen molar-refractivity contribution in [2.24, 2.45) is 52.8 Å². The minimum absolute atomic E-state index is 0.0214. The molecule has 0 aromatic carbocycles. The first kappa shape index (κ1) is 32.5. The molecule has 5 unspecified atom stereocenters. The van der Waals surface area contributed by atoms with Crippen molar-refractivity contribution in [3.8, 4) is 0 Å². The highest BCUT2D eigenvalue weighted by atomic mass is 19.4. The number of rotatable bonds is 8. The zero-order valence-electron chi connectivity index (χ0n) is 26.0. The SMILES string of the molecule is COC1C(CN2O[C@@H](CO)[C@H]([C@H](C)O)[C@H]2C(=O)N[C@H]2C[C@H]3C[C@@H]([C@@H]2C)C3(C)C)CCCC1C1CCCC(C(F)(F)F)C1. The van der Waals surface area contributed by atoms with Crippen LogP contribution in [0.3, 0.4) is 0 Å². The number of fused-ring (bicyclic) bond motifs is 2. The third kappa shape index (κ3) is 6.01. The number of hydrogen-bond donors (Lipinski definition) is 3. The first-order valence-electron chi connectivity index (χ1n) is 16.4. The van der Waals surface area contributed by atoms with Gasteiger partial charge in [0.05, 0.1) is 24.7 Å². The highest BCUT2D eigenvalue weighted by molar-refractivity contribution is 5.82. The summed E-state index contributed by atoms with van der Waals surface area (Å²) in [5, 5.41) is 25.9. The maximum atomic E-state index is 14.0. The standard InChI is InChI=1S/C32H53F3N2O5/c1-17-24-13-22(31(24,3)4)14-25(17)36-30(40)28-27(18(2)39)26(16-38)42-37(28)15-20-9-7-11-23(29(20)41-5)19-8-6-10-21(12-19)32(33,34)35/h17-29,38-39H,6-16H2,1-5H3,(H,36,40)/t17-,18-,19?,20?,21?,22+,23?,24-,25-,26-,27-,28-,29?/m0/s1. The van der Waals surface area contributed by atoms with Crippen molar-refractivity contribution in [3.05, 3.63) is 0 Å². The number of aliphatic hydroxyl groups is 2. The largest absolute Gasteiger partial charge is 0.394 e. The van der Waals surface area contributed by atoms with Crippen LogP contribution in [0, 0.1) is 52.8 Å². The van der Waals surface area contributed by atoms with Crippen LogP contribution < -0.4 is 5.32 Å². The molecule has 1 amide bonds. The second kappa shape index (κ2) is 12.5. The molecular weight excluding hydrogens is 549 g/mol. The summed E-state index contributed by atoms with van der Waals surface area (Å²) in [6.07, 6.45) is 0.389. The van der Waals surface area contributed by atoms with Gasteiger partial charge in [0.1, 0.15) is 12.1 Å². The van der Waals surface area contributed by atoms with E-state index in [0.29, 0.717) is 36.1 Å². The van der Waals surface area contributed by atoms with Crippen LogP contribution in [0.25, 0.3) is 0 Å². The fourth-order valence-corrected chi connectivity index (χ4v) is 10.0. The van der Waals surface area contributed by atoms with Crippen LogP contribution in [0.2, 0.25) is 0 Å². The number of alkyl halides is 3. The van der Waals surface area contributed by atoms with Crippen LogP contribution >= 0.6 is 0 Å². The average molecular weight is 603 g/mol. The summed E-state index contributed by atoms with van der Waals surface area (Å²) in [6, 6.07) is -0.722. The fraction of sp³-hybridized carbons (Fsp3) is 0.969. The number of hydroxylamine groups is 2. The van der Waals surface area contributed by atoms with E-state index in [9.17, 15) is 28.2 Å². The van der Waals surface area contributed by atoms with Crippen LogP contribution in [0.4, 0.5) is 13.2 Å². The van der Waals surface area contributed by atoms with Gasteiger partial charge in [-0.1, -0.05) is 40.0 Å². The molecule has 10 heteroatoms. The molecule has 0 aromatic heterocycles. The summed E-state index contributed by atoms with van der Waals surface area (Å²) in [4.78, 5) is 20.2. The second-order valence-electron chi connectivity index (χ2n) is 15.0. The lowest BCUT2D eigenvalue weighted by atomic mass is 9.45. The van der Waals surface area contributed by atoms with Gasteiger partial charge in [-0.15, -0.1) is 0 Å². The van der Waals surface area contributed by atoms with Crippen LogP contribution in [-0.2, 0) is 14.4 Å². The van der Waals surface area contributed by atoms with Crippen LogP contribution in [0.15, 0.2) is 0 Å². The van der Waals surface area contributed by atoms with E-state index in [4.69, 9.17) is 9.57 Å². The van der Waals surface area contributed by atoms with Gasteiger partial charge < -0.3 is 20.3 Å². The number of aliphatic hydroxyl groups excluding tert-OH is 2. The van der Waals surface area contributed by atoms with E-state index in [2.05, 4.69) is 26.1 Å². The Hall–Kier alpha value is -0.940. The number of amides is 1. The van der Waals surface area contributed by atoms with E-state index in [1.807, 2.05) is 0 Å². The van der Waals surface area contributed by atoms with Gasteiger partial charge in [-0.25, -0.2) is 0 Å². The van der Waals surface area contributed by atoms with Gasteiger partial charge in [0.25, 0.3) is 0 Å². The van der Waals surface area contributed by atoms with Crippen LogP contribution in [0.5, 0.6) is 0 Å². The maximum Gasteiger partial charge on any atom is 0.391 e. The Kier molecular flexibility index (Phi) is 9.62. The fourth-order valence-electron chi connectivity index (χ4n) is 10.0. The monoisotopic (exact) mass is 602 g/mol. The number of ether oxygens (including phenoxy) is 1. The molecule has 1 heterocycles. The van der Waals surface area contributed by atoms with Gasteiger partial charge in [0, 0.05) is 31.5 Å². The van der Waals surface area contributed by atoms with Crippen molar-refractivity contribution < 1.29 is 37.8 Å².